The van der Waals surface area contributed by atoms with Gasteiger partial charge in [0, 0.05) is 19.4 Å². The second-order valence-electron chi connectivity index (χ2n) is 6.78. The molecule has 1 saturated heterocycles. The molecule has 132 valence electrons. The first-order valence-corrected chi connectivity index (χ1v) is 8.91. The lowest BCUT2D eigenvalue weighted by Gasteiger charge is -2.36. The SMILES string of the molecule is CC(=O)N[C@@H]1CC[C@@H](CCNC(=O)C2CCCCC2)O[C@H]1CO. The highest BCUT2D eigenvalue weighted by atomic mass is 16.5. The van der Waals surface area contributed by atoms with Crippen LogP contribution in [0.25, 0.3) is 0 Å². The fraction of sp³-hybridized carbons (Fsp3) is 0.882. The molecule has 3 N–H and O–H groups in total. The first kappa shape index (κ1) is 18.2. The second-order valence-corrected chi connectivity index (χ2v) is 6.78. The highest BCUT2D eigenvalue weighted by molar-refractivity contribution is 5.78. The number of carbonyl (C=O) groups is 2. The van der Waals surface area contributed by atoms with Crippen LogP contribution in [0.4, 0.5) is 0 Å². The Morgan fingerprint density at radius 1 is 1.13 bits per heavy atom. The number of aliphatic hydroxyl groups is 1. The zero-order valence-electron chi connectivity index (χ0n) is 14.1. The van der Waals surface area contributed by atoms with Crippen molar-refractivity contribution in [2.24, 2.45) is 5.92 Å². The lowest BCUT2D eigenvalue weighted by Crippen LogP contribution is -2.50. The molecule has 6 heteroatoms. The van der Waals surface area contributed by atoms with E-state index in [-0.39, 0.29) is 42.6 Å². The quantitative estimate of drug-likeness (QED) is 0.682. The van der Waals surface area contributed by atoms with Crippen molar-refractivity contribution >= 4 is 11.8 Å². The summed E-state index contributed by atoms with van der Waals surface area (Å²) in [6.45, 7) is 1.99. The molecule has 0 bridgehead atoms. The van der Waals surface area contributed by atoms with Gasteiger partial charge in [0.25, 0.3) is 0 Å². The Balaban J connectivity index is 1.68. The summed E-state index contributed by atoms with van der Waals surface area (Å²) < 4.78 is 5.86. The van der Waals surface area contributed by atoms with E-state index in [0.29, 0.717) is 6.54 Å². The second kappa shape index (κ2) is 9.23. The van der Waals surface area contributed by atoms with Gasteiger partial charge in [-0.05, 0) is 32.1 Å². The third-order valence-corrected chi connectivity index (χ3v) is 4.93. The zero-order chi connectivity index (χ0) is 16.7. The number of hydrogen-bond donors (Lipinski definition) is 3. The minimum Gasteiger partial charge on any atom is -0.394 e. The van der Waals surface area contributed by atoms with Crippen LogP contribution in [0.5, 0.6) is 0 Å². The minimum absolute atomic E-state index is 0.0313. The average molecular weight is 326 g/mol. The smallest absolute Gasteiger partial charge is 0.223 e. The van der Waals surface area contributed by atoms with Crippen molar-refractivity contribution in [1.82, 2.24) is 10.6 Å². The summed E-state index contributed by atoms with van der Waals surface area (Å²) in [6.07, 6.45) is 7.65. The first-order valence-electron chi connectivity index (χ1n) is 8.91. The molecule has 23 heavy (non-hydrogen) atoms. The van der Waals surface area contributed by atoms with Crippen LogP contribution in [-0.4, -0.2) is 48.3 Å². The Kier molecular flexibility index (Phi) is 7.30. The van der Waals surface area contributed by atoms with Gasteiger partial charge in [0.05, 0.1) is 18.8 Å². The van der Waals surface area contributed by atoms with Crippen LogP contribution in [-0.2, 0) is 14.3 Å². The standard InChI is InChI=1S/C17H30N2O4/c1-12(21)19-15-8-7-14(23-16(15)11-20)9-10-18-17(22)13-5-3-2-4-6-13/h13-16,20H,2-11H2,1H3,(H,18,22)(H,19,21)/t14-,15+,16-/m0/s1. The molecule has 1 heterocycles. The third-order valence-electron chi connectivity index (χ3n) is 4.93. The van der Waals surface area contributed by atoms with E-state index >= 15 is 0 Å². The topological polar surface area (TPSA) is 87.7 Å². The van der Waals surface area contributed by atoms with E-state index in [1.54, 1.807) is 0 Å². The van der Waals surface area contributed by atoms with Crippen molar-refractivity contribution in [1.29, 1.82) is 0 Å². The van der Waals surface area contributed by atoms with Crippen molar-refractivity contribution < 1.29 is 19.4 Å². The molecule has 1 saturated carbocycles. The number of hydrogen-bond acceptors (Lipinski definition) is 4. The molecule has 2 fully saturated rings. The number of rotatable bonds is 6. The third kappa shape index (κ3) is 5.77. The van der Waals surface area contributed by atoms with E-state index in [1.807, 2.05) is 0 Å². The van der Waals surface area contributed by atoms with Gasteiger partial charge in [-0.2, -0.15) is 0 Å². The molecule has 6 nitrogen and oxygen atoms in total. The largest absolute Gasteiger partial charge is 0.394 e. The van der Waals surface area contributed by atoms with Crippen molar-refractivity contribution in [3.05, 3.63) is 0 Å². The lowest BCUT2D eigenvalue weighted by molar-refractivity contribution is -0.128. The summed E-state index contributed by atoms with van der Waals surface area (Å²) in [5.41, 5.74) is 0. The first-order chi connectivity index (χ1) is 11.1. The van der Waals surface area contributed by atoms with E-state index in [0.717, 1.165) is 44.9 Å². The molecule has 2 aliphatic rings. The molecule has 1 aliphatic heterocycles. The highest BCUT2D eigenvalue weighted by Gasteiger charge is 2.31. The number of aliphatic hydroxyl groups excluding tert-OH is 1. The molecule has 2 rings (SSSR count). The Bertz CT molecular complexity index is 396. The maximum absolute atomic E-state index is 12.1. The zero-order valence-corrected chi connectivity index (χ0v) is 14.1. The van der Waals surface area contributed by atoms with Crippen LogP contribution in [0, 0.1) is 5.92 Å². The maximum atomic E-state index is 12.1. The molecular formula is C17H30N2O4. The predicted octanol–water partition coefficient (Wildman–Crippen LogP) is 1.12. The molecule has 0 aromatic heterocycles. The molecule has 1 aliphatic carbocycles. The van der Waals surface area contributed by atoms with Crippen molar-refractivity contribution in [3.63, 3.8) is 0 Å². The molecule has 2 amide bonds. The van der Waals surface area contributed by atoms with Gasteiger partial charge in [0.15, 0.2) is 0 Å². The number of carbonyl (C=O) groups excluding carboxylic acids is 2. The van der Waals surface area contributed by atoms with Gasteiger partial charge < -0.3 is 20.5 Å². The fourth-order valence-corrected chi connectivity index (χ4v) is 3.64. The summed E-state index contributed by atoms with van der Waals surface area (Å²) in [7, 11) is 0. The van der Waals surface area contributed by atoms with Gasteiger partial charge in [-0.15, -0.1) is 0 Å². The molecule has 0 spiro atoms. The number of amides is 2. The van der Waals surface area contributed by atoms with Crippen LogP contribution >= 0.6 is 0 Å². The van der Waals surface area contributed by atoms with Crippen LogP contribution in [0.1, 0.15) is 58.3 Å². The van der Waals surface area contributed by atoms with E-state index in [1.165, 1.54) is 13.3 Å². The molecule has 0 unspecified atom stereocenters. The average Bonchev–Trinajstić information content (AvgIpc) is 2.56. The van der Waals surface area contributed by atoms with Crippen molar-refractivity contribution in [2.45, 2.75) is 76.5 Å². The van der Waals surface area contributed by atoms with Crippen LogP contribution in [0.3, 0.4) is 0 Å². The molecule has 0 aromatic rings. The van der Waals surface area contributed by atoms with Gasteiger partial charge in [0.1, 0.15) is 6.10 Å². The van der Waals surface area contributed by atoms with E-state index < -0.39 is 0 Å². The van der Waals surface area contributed by atoms with Gasteiger partial charge >= 0.3 is 0 Å². The van der Waals surface area contributed by atoms with Gasteiger partial charge in [-0.25, -0.2) is 0 Å². The number of nitrogens with one attached hydrogen (secondary N) is 2. The van der Waals surface area contributed by atoms with E-state index in [2.05, 4.69) is 10.6 Å². The molecular weight excluding hydrogens is 296 g/mol. The van der Waals surface area contributed by atoms with Crippen LogP contribution in [0.2, 0.25) is 0 Å². The predicted molar refractivity (Wildman–Crippen MR) is 86.8 cm³/mol. The molecule has 0 radical (unpaired) electrons. The van der Waals surface area contributed by atoms with Gasteiger partial charge in [-0.3, -0.25) is 9.59 Å². The molecule has 3 atom stereocenters. The maximum Gasteiger partial charge on any atom is 0.223 e. The number of ether oxygens (including phenoxy) is 1. The normalized spacial score (nSPS) is 29.0. The van der Waals surface area contributed by atoms with Crippen LogP contribution in [0.15, 0.2) is 0 Å². The highest BCUT2D eigenvalue weighted by Crippen LogP contribution is 2.24. The Labute approximate surface area is 138 Å². The summed E-state index contributed by atoms with van der Waals surface area (Å²) in [5.74, 6) is 0.260. The lowest BCUT2D eigenvalue weighted by atomic mass is 9.88. The summed E-state index contributed by atoms with van der Waals surface area (Å²) in [5, 5.41) is 15.3. The Hall–Kier alpha value is -1.14. The Morgan fingerprint density at radius 3 is 2.52 bits per heavy atom. The van der Waals surface area contributed by atoms with Crippen LogP contribution < -0.4 is 10.6 Å². The fourth-order valence-electron chi connectivity index (χ4n) is 3.64. The molecule has 0 aromatic carbocycles. The van der Waals surface area contributed by atoms with E-state index in [9.17, 15) is 14.7 Å². The van der Waals surface area contributed by atoms with Crippen molar-refractivity contribution in [2.75, 3.05) is 13.2 Å². The van der Waals surface area contributed by atoms with Gasteiger partial charge in [-0.1, -0.05) is 19.3 Å². The van der Waals surface area contributed by atoms with E-state index in [4.69, 9.17) is 4.74 Å². The summed E-state index contributed by atoms with van der Waals surface area (Å²) in [6, 6.07) is -0.120. The minimum atomic E-state index is -0.355. The summed E-state index contributed by atoms with van der Waals surface area (Å²) >= 11 is 0. The Morgan fingerprint density at radius 2 is 1.87 bits per heavy atom. The van der Waals surface area contributed by atoms with Crippen molar-refractivity contribution in [3.8, 4) is 0 Å². The van der Waals surface area contributed by atoms with Gasteiger partial charge in [0.2, 0.25) is 11.8 Å². The monoisotopic (exact) mass is 326 g/mol. The summed E-state index contributed by atoms with van der Waals surface area (Å²) in [4.78, 5) is 23.3.